The number of halogens is 1. The molecule has 0 amide bonds. The molecule has 3 heteroatoms. The zero-order valence-electron chi connectivity index (χ0n) is 8.70. The van der Waals surface area contributed by atoms with E-state index in [4.69, 9.17) is 11.6 Å². The largest absolute Gasteiger partial charge is 0.331 e. The minimum absolute atomic E-state index is 0.561. The third-order valence-electron chi connectivity index (χ3n) is 3.08. The Morgan fingerprint density at radius 2 is 2.27 bits per heavy atom. The summed E-state index contributed by atoms with van der Waals surface area (Å²) < 4.78 is 2.21. The maximum atomic E-state index is 5.81. The van der Waals surface area contributed by atoms with E-state index in [1.165, 1.54) is 24.2 Å². The van der Waals surface area contributed by atoms with Crippen molar-refractivity contribution >= 4 is 22.6 Å². The number of hydrogen-bond donors (Lipinski definition) is 0. The van der Waals surface area contributed by atoms with Crippen molar-refractivity contribution in [3.05, 3.63) is 29.6 Å². The minimum Gasteiger partial charge on any atom is -0.331 e. The average Bonchev–Trinajstić information content (AvgIpc) is 3.04. The Hall–Kier alpha value is -1.02. The van der Waals surface area contributed by atoms with Crippen LogP contribution in [0, 0.1) is 0 Å². The lowest BCUT2D eigenvalue weighted by molar-refractivity contribution is 0.820. The fourth-order valence-electron chi connectivity index (χ4n) is 2.05. The Balaban J connectivity index is 2.20. The van der Waals surface area contributed by atoms with Crippen molar-refractivity contribution in [2.24, 2.45) is 7.05 Å². The maximum Gasteiger partial charge on any atom is 0.112 e. The quantitative estimate of drug-likeness (QED) is 0.711. The molecule has 1 aromatic carbocycles. The summed E-state index contributed by atoms with van der Waals surface area (Å²) in [6.07, 6.45) is 2.58. The van der Waals surface area contributed by atoms with Crippen LogP contribution in [0.2, 0.25) is 0 Å². The first-order valence-corrected chi connectivity index (χ1v) is 5.84. The van der Waals surface area contributed by atoms with Crippen LogP contribution in [0.1, 0.15) is 30.1 Å². The van der Waals surface area contributed by atoms with Crippen molar-refractivity contribution < 1.29 is 0 Å². The second-order valence-corrected chi connectivity index (χ2v) is 4.53. The van der Waals surface area contributed by atoms with Crippen molar-refractivity contribution in [1.29, 1.82) is 0 Å². The molecule has 1 aliphatic carbocycles. The summed E-state index contributed by atoms with van der Waals surface area (Å²) in [5.41, 5.74) is 3.44. The lowest BCUT2D eigenvalue weighted by Crippen LogP contribution is -1.94. The van der Waals surface area contributed by atoms with Gasteiger partial charge in [0.25, 0.3) is 0 Å². The summed E-state index contributed by atoms with van der Waals surface area (Å²) in [5.74, 6) is 2.49. The third kappa shape index (κ3) is 1.44. The standard InChI is InChI=1S/C12H13ClN2/c1-15-11-5-2-8(7-13)6-10(11)14-12(15)9-3-4-9/h2,5-6,9H,3-4,7H2,1H3. The van der Waals surface area contributed by atoms with E-state index in [-0.39, 0.29) is 0 Å². The Bertz CT molecular complexity index is 512. The predicted octanol–water partition coefficient (Wildman–Crippen LogP) is 3.19. The fraction of sp³-hybridized carbons (Fsp3) is 0.417. The van der Waals surface area contributed by atoms with Crippen molar-refractivity contribution in [3.8, 4) is 0 Å². The Kier molecular flexibility index (Phi) is 1.99. The van der Waals surface area contributed by atoms with Gasteiger partial charge in [-0.25, -0.2) is 4.98 Å². The lowest BCUT2D eigenvalue weighted by atomic mass is 10.2. The predicted molar refractivity (Wildman–Crippen MR) is 62.2 cm³/mol. The van der Waals surface area contributed by atoms with Gasteiger partial charge in [0.05, 0.1) is 11.0 Å². The highest BCUT2D eigenvalue weighted by molar-refractivity contribution is 6.17. The first-order chi connectivity index (χ1) is 7.29. The summed E-state index contributed by atoms with van der Waals surface area (Å²) in [6, 6.07) is 6.29. The van der Waals surface area contributed by atoms with Gasteiger partial charge in [0.15, 0.2) is 0 Å². The zero-order chi connectivity index (χ0) is 10.4. The first-order valence-electron chi connectivity index (χ1n) is 5.31. The molecule has 1 saturated carbocycles. The number of imidazole rings is 1. The molecular weight excluding hydrogens is 208 g/mol. The van der Waals surface area contributed by atoms with E-state index in [1.54, 1.807) is 0 Å². The number of aromatic nitrogens is 2. The molecule has 0 bridgehead atoms. The molecule has 0 N–H and O–H groups in total. The number of aryl methyl sites for hydroxylation is 1. The van der Waals surface area contributed by atoms with E-state index < -0.39 is 0 Å². The molecule has 78 valence electrons. The normalized spacial score (nSPS) is 16.1. The summed E-state index contributed by atoms with van der Waals surface area (Å²) in [4.78, 5) is 4.69. The highest BCUT2D eigenvalue weighted by Crippen LogP contribution is 2.40. The van der Waals surface area contributed by atoms with Crippen LogP contribution < -0.4 is 0 Å². The molecule has 1 heterocycles. The van der Waals surface area contributed by atoms with Gasteiger partial charge in [0, 0.05) is 18.8 Å². The average molecular weight is 221 g/mol. The number of benzene rings is 1. The van der Waals surface area contributed by atoms with E-state index in [0.29, 0.717) is 11.8 Å². The van der Waals surface area contributed by atoms with Crippen LogP contribution in [0.5, 0.6) is 0 Å². The van der Waals surface area contributed by atoms with Crippen molar-refractivity contribution in [1.82, 2.24) is 9.55 Å². The van der Waals surface area contributed by atoms with Crippen LogP contribution in [0.25, 0.3) is 11.0 Å². The van der Waals surface area contributed by atoms with Gasteiger partial charge in [-0.15, -0.1) is 11.6 Å². The molecule has 0 spiro atoms. The van der Waals surface area contributed by atoms with Gasteiger partial charge in [0.1, 0.15) is 5.82 Å². The van der Waals surface area contributed by atoms with Gasteiger partial charge in [-0.2, -0.15) is 0 Å². The van der Waals surface area contributed by atoms with Gasteiger partial charge < -0.3 is 4.57 Å². The second-order valence-electron chi connectivity index (χ2n) is 4.26. The lowest BCUT2D eigenvalue weighted by Gasteiger charge is -1.99. The molecule has 3 rings (SSSR count). The molecule has 1 fully saturated rings. The highest BCUT2D eigenvalue weighted by atomic mass is 35.5. The number of hydrogen-bond acceptors (Lipinski definition) is 1. The van der Waals surface area contributed by atoms with Crippen molar-refractivity contribution in [3.63, 3.8) is 0 Å². The van der Waals surface area contributed by atoms with Crippen LogP contribution >= 0.6 is 11.6 Å². The van der Waals surface area contributed by atoms with E-state index in [9.17, 15) is 0 Å². The molecule has 15 heavy (non-hydrogen) atoms. The topological polar surface area (TPSA) is 17.8 Å². The van der Waals surface area contributed by atoms with E-state index in [1.807, 2.05) is 0 Å². The molecular formula is C12H13ClN2. The third-order valence-corrected chi connectivity index (χ3v) is 3.39. The molecule has 0 saturated heterocycles. The summed E-state index contributed by atoms with van der Waals surface area (Å²) in [7, 11) is 2.10. The minimum atomic E-state index is 0.561. The van der Waals surface area contributed by atoms with Crippen LogP contribution in [0.4, 0.5) is 0 Å². The molecule has 1 aliphatic rings. The highest BCUT2D eigenvalue weighted by Gasteiger charge is 2.28. The zero-order valence-corrected chi connectivity index (χ0v) is 9.46. The number of alkyl halides is 1. The van der Waals surface area contributed by atoms with E-state index >= 15 is 0 Å². The van der Waals surface area contributed by atoms with E-state index in [0.717, 1.165) is 11.1 Å². The van der Waals surface area contributed by atoms with Crippen LogP contribution in [0.15, 0.2) is 18.2 Å². The van der Waals surface area contributed by atoms with Gasteiger partial charge in [0.2, 0.25) is 0 Å². The smallest absolute Gasteiger partial charge is 0.112 e. The van der Waals surface area contributed by atoms with Gasteiger partial charge in [-0.1, -0.05) is 6.07 Å². The SMILES string of the molecule is Cn1c(C2CC2)nc2cc(CCl)ccc21. The number of rotatable bonds is 2. The Labute approximate surface area is 93.9 Å². The van der Waals surface area contributed by atoms with Gasteiger partial charge in [-0.3, -0.25) is 0 Å². The van der Waals surface area contributed by atoms with Crippen LogP contribution in [-0.2, 0) is 12.9 Å². The van der Waals surface area contributed by atoms with Crippen LogP contribution in [-0.4, -0.2) is 9.55 Å². The number of nitrogens with zero attached hydrogens (tertiary/aromatic N) is 2. The fourth-order valence-corrected chi connectivity index (χ4v) is 2.22. The molecule has 1 aromatic heterocycles. The van der Waals surface area contributed by atoms with E-state index in [2.05, 4.69) is 34.8 Å². The first kappa shape index (κ1) is 9.22. The molecule has 2 nitrogen and oxygen atoms in total. The van der Waals surface area contributed by atoms with Crippen molar-refractivity contribution in [2.45, 2.75) is 24.6 Å². The van der Waals surface area contributed by atoms with Crippen LogP contribution in [0.3, 0.4) is 0 Å². The molecule has 0 atom stereocenters. The molecule has 0 unspecified atom stereocenters. The maximum absolute atomic E-state index is 5.81. The summed E-state index contributed by atoms with van der Waals surface area (Å²) in [5, 5.41) is 0. The molecule has 0 radical (unpaired) electrons. The molecule has 2 aromatic rings. The monoisotopic (exact) mass is 220 g/mol. The molecule has 0 aliphatic heterocycles. The summed E-state index contributed by atoms with van der Waals surface area (Å²) >= 11 is 5.81. The number of fused-ring (bicyclic) bond motifs is 1. The van der Waals surface area contributed by atoms with Gasteiger partial charge >= 0.3 is 0 Å². The second kappa shape index (κ2) is 3.24. The summed E-state index contributed by atoms with van der Waals surface area (Å²) in [6.45, 7) is 0. The Morgan fingerprint density at radius 1 is 1.47 bits per heavy atom. The van der Waals surface area contributed by atoms with Crippen molar-refractivity contribution in [2.75, 3.05) is 0 Å². The Morgan fingerprint density at radius 3 is 2.93 bits per heavy atom. The van der Waals surface area contributed by atoms with Gasteiger partial charge in [-0.05, 0) is 30.5 Å².